The van der Waals surface area contributed by atoms with Gasteiger partial charge in [0.2, 0.25) is 0 Å². The molecule has 0 bridgehead atoms. The number of thiophene rings is 1. The molecule has 0 atom stereocenters. The van der Waals surface area contributed by atoms with E-state index in [1.165, 1.54) is 69.2 Å². The highest BCUT2D eigenvalue weighted by atomic mass is 32.1. The SMILES string of the molecule is Cn1c2ccccc2c2c(Cn3c4ccccc4c4ccc5c6ccccc6sc5c43)cc3c4ccccc4oc3c21. The van der Waals surface area contributed by atoms with Crippen LogP contribution < -0.4 is 0 Å². The first-order valence-corrected chi connectivity index (χ1v) is 15.2. The van der Waals surface area contributed by atoms with Crippen molar-refractivity contribution in [2.24, 2.45) is 7.05 Å². The van der Waals surface area contributed by atoms with Gasteiger partial charge in [-0.3, -0.25) is 0 Å². The Bertz CT molecular complexity index is 2730. The van der Waals surface area contributed by atoms with Crippen LogP contribution in [-0.4, -0.2) is 9.13 Å². The van der Waals surface area contributed by atoms with Crippen molar-refractivity contribution in [2.45, 2.75) is 6.54 Å². The Morgan fingerprint density at radius 1 is 0.595 bits per heavy atom. The molecule has 4 heterocycles. The van der Waals surface area contributed by atoms with Crippen LogP contribution in [0.1, 0.15) is 5.56 Å². The summed E-state index contributed by atoms with van der Waals surface area (Å²) in [6.45, 7) is 0.761. The second-order valence-electron chi connectivity index (χ2n) is 11.4. The first kappa shape index (κ1) is 22.6. The average Bonchev–Trinajstić information content (AvgIpc) is 3.76. The maximum atomic E-state index is 6.57. The Hall–Kier alpha value is -5.06. The zero-order valence-electron chi connectivity index (χ0n) is 22.9. The third-order valence-electron chi connectivity index (χ3n) is 9.20. The zero-order valence-corrected chi connectivity index (χ0v) is 23.7. The Morgan fingerprint density at radius 2 is 1.29 bits per heavy atom. The van der Waals surface area contributed by atoms with Crippen LogP contribution in [0.2, 0.25) is 0 Å². The van der Waals surface area contributed by atoms with E-state index in [-0.39, 0.29) is 0 Å². The largest absolute Gasteiger partial charge is 0.454 e. The summed E-state index contributed by atoms with van der Waals surface area (Å²) in [7, 11) is 2.17. The lowest BCUT2D eigenvalue weighted by molar-refractivity contribution is 0.670. The number of benzene rings is 6. The molecule has 3 nitrogen and oxygen atoms in total. The van der Waals surface area contributed by atoms with E-state index in [2.05, 4.69) is 131 Å². The summed E-state index contributed by atoms with van der Waals surface area (Å²) in [4.78, 5) is 0. The fraction of sp³-hybridized carbons (Fsp3) is 0.0526. The monoisotopic (exact) mass is 556 g/mol. The molecule has 198 valence electrons. The molecule has 0 aliphatic heterocycles. The van der Waals surface area contributed by atoms with Gasteiger partial charge in [0.25, 0.3) is 0 Å². The topological polar surface area (TPSA) is 23.0 Å². The lowest BCUT2D eigenvalue weighted by Gasteiger charge is -2.11. The van der Waals surface area contributed by atoms with Crippen LogP contribution in [0.4, 0.5) is 0 Å². The second kappa shape index (κ2) is 8.03. The molecule has 0 aliphatic rings. The fourth-order valence-corrected chi connectivity index (χ4v) is 8.65. The molecule has 0 unspecified atom stereocenters. The molecule has 42 heavy (non-hydrogen) atoms. The molecule has 4 aromatic heterocycles. The second-order valence-corrected chi connectivity index (χ2v) is 12.4. The van der Waals surface area contributed by atoms with Gasteiger partial charge >= 0.3 is 0 Å². The molecular weight excluding hydrogens is 532 g/mol. The first-order valence-electron chi connectivity index (χ1n) is 14.4. The van der Waals surface area contributed by atoms with Crippen LogP contribution in [-0.2, 0) is 13.6 Å². The van der Waals surface area contributed by atoms with Gasteiger partial charge in [0.15, 0.2) is 5.58 Å². The normalized spacial score (nSPS) is 12.5. The molecule has 0 aliphatic carbocycles. The Balaban J connectivity index is 1.38. The zero-order chi connectivity index (χ0) is 27.5. The maximum absolute atomic E-state index is 6.57. The highest BCUT2D eigenvalue weighted by Crippen LogP contribution is 2.44. The highest BCUT2D eigenvalue weighted by Gasteiger charge is 2.22. The van der Waals surface area contributed by atoms with Gasteiger partial charge in [0, 0.05) is 72.4 Å². The molecule has 10 aromatic rings. The number of fused-ring (bicyclic) bond motifs is 14. The predicted molar refractivity (Wildman–Crippen MR) is 179 cm³/mol. The minimum atomic E-state index is 0.761. The number of rotatable bonds is 2. The van der Waals surface area contributed by atoms with E-state index in [1.54, 1.807) is 0 Å². The minimum Gasteiger partial charge on any atom is -0.454 e. The summed E-state index contributed by atoms with van der Waals surface area (Å²) < 4.78 is 14.1. The average molecular weight is 557 g/mol. The van der Waals surface area contributed by atoms with Gasteiger partial charge in [-0.2, -0.15) is 0 Å². The summed E-state index contributed by atoms with van der Waals surface area (Å²) in [5, 5.41) is 10.2. The Labute approximate surface area is 244 Å². The van der Waals surface area contributed by atoms with Crippen LogP contribution in [0, 0.1) is 0 Å². The van der Waals surface area contributed by atoms with Gasteiger partial charge in [0.1, 0.15) is 5.58 Å². The number of furan rings is 1. The number of aromatic nitrogens is 2. The van der Waals surface area contributed by atoms with E-state index < -0.39 is 0 Å². The molecule has 0 fully saturated rings. The predicted octanol–water partition coefficient (Wildman–Crippen LogP) is 10.8. The Kier molecular flexibility index (Phi) is 4.32. The molecule has 0 amide bonds. The van der Waals surface area contributed by atoms with Crippen LogP contribution in [0.3, 0.4) is 0 Å². The van der Waals surface area contributed by atoms with Crippen LogP contribution in [0.25, 0.3) is 85.7 Å². The number of hydrogen-bond donors (Lipinski definition) is 0. The number of para-hydroxylation sites is 3. The molecule has 0 N–H and O–H groups in total. The molecule has 0 radical (unpaired) electrons. The maximum Gasteiger partial charge on any atom is 0.159 e. The van der Waals surface area contributed by atoms with Crippen molar-refractivity contribution in [1.82, 2.24) is 9.13 Å². The summed E-state index contributed by atoms with van der Waals surface area (Å²) in [6, 6.07) is 41.9. The van der Waals surface area contributed by atoms with Gasteiger partial charge in [-0.25, -0.2) is 0 Å². The number of hydrogen-bond acceptors (Lipinski definition) is 2. The van der Waals surface area contributed by atoms with Gasteiger partial charge in [-0.05, 0) is 35.9 Å². The fourth-order valence-electron chi connectivity index (χ4n) is 7.39. The number of nitrogens with zero attached hydrogens (tertiary/aromatic N) is 2. The highest BCUT2D eigenvalue weighted by molar-refractivity contribution is 7.26. The van der Waals surface area contributed by atoms with Crippen molar-refractivity contribution < 1.29 is 4.42 Å². The van der Waals surface area contributed by atoms with Crippen molar-refractivity contribution in [3.63, 3.8) is 0 Å². The van der Waals surface area contributed by atoms with Crippen molar-refractivity contribution in [2.75, 3.05) is 0 Å². The molecule has 0 saturated carbocycles. The summed E-state index contributed by atoms with van der Waals surface area (Å²) >= 11 is 1.91. The van der Waals surface area contributed by atoms with Crippen molar-refractivity contribution in [3.05, 3.63) is 121 Å². The first-order chi connectivity index (χ1) is 20.8. The Morgan fingerprint density at radius 3 is 2.17 bits per heavy atom. The smallest absolute Gasteiger partial charge is 0.159 e. The lowest BCUT2D eigenvalue weighted by Crippen LogP contribution is -2.00. The number of aryl methyl sites for hydroxylation is 1. The van der Waals surface area contributed by atoms with Crippen molar-refractivity contribution >= 4 is 97.1 Å². The van der Waals surface area contributed by atoms with Crippen LogP contribution in [0.5, 0.6) is 0 Å². The van der Waals surface area contributed by atoms with Gasteiger partial charge < -0.3 is 13.6 Å². The molecule has 0 spiro atoms. The molecule has 0 saturated heterocycles. The van der Waals surface area contributed by atoms with E-state index in [0.717, 1.165) is 28.6 Å². The van der Waals surface area contributed by atoms with Crippen molar-refractivity contribution in [3.8, 4) is 0 Å². The summed E-state index contributed by atoms with van der Waals surface area (Å²) in [6.07, 6.45) is 0. The van der Waals surface area contributed by atoms with E-state index in [1.807, 2.05) is 11.3 Å². The summed E-state index contributed by atoms with van der Waals surface area (Å²) in [5.74, 6) is 0. The van der Waals surface area contributed by atoms with E-state index in [9.17, 15) is 0 Å². The minimum absolute atomic E-state index is 0.761. The quantitative estimate of drug-likeness (QED) is 0.208. The molecule has 10 rings (SSSR count). The van der Waals surface area contributed by atoms with E-state index >= 15 is 0 Å². The summed E-state index contributed by atoms with van der Waals surface area (Å²) in [5.41, 5.74) is 8.16. The third-order valence-corrected chi connectivity index (χ3v) is 10.4. The van der Waals surface area contributed by atoms with Crippen LogP contribution >= 0.6 is 11.3 Å². The lowest BCUT2D eigenvalue weighted by atomic mass is 10.0. The van der Waals surface area contributed by atoms with Crippen molar-refractivity contribution in [1.29, 1.82) is 0 Å². The standard InChI is InChI=1S/C38H24N2OS/c1-39-30-14-6-3-13-28(30)34-22(20-29-24-11-4-8-16-32(24)41-37(29)36(34)39)21-40-31-15-7-2-10-23(31)26-18-19-27-25-12-5-9-17-33(25)42-38(27)35(26)40/h2-20H,21H2,1H3. The van der Waals surface area contributed by atoms with E-state index in [4.69, 9.17) is 4.42 Å². The molecule has 4 heteroatoms. The van der Waals surface area contributed by atoms with Gasteiger partial charge in [0.05, 0.1) is 15.7 Å². The van der Waals surface area contributed by atoms with Gasteiger partial charge in [-0.1, -0.05) is 84.9 Å². The van der Waals surface area contributed by atoms with Crippen LogP contribution in [0.15, 0.2) is 120 Å². The van der Waals surface area contributed by atoms with Gasteiger partial charge in [-0.15, -0.1) is 11.3 Å². The molecular formula is C38H24N2OS. The third kappa shape index (κ3) is 2.80. The van der Waals surface area contributed by atoms with E-state index in [0.29, 0.717) is 0 Å². The molecule has 6 aromatic carbocycles.